The molecule has 62 valence electrons. The molecule has 2 heteroatoms. The smallest absolute Gasteiger partial charge is 0.0492 e. The van der Waals surface area contributed by atoms with Crippen molar-refractivity contribution in [3.8, 4) is 0 Å². The Balaban J connectivity index is 2.84. The van der Waals surface area contributed by atoms with Gasteiger partial charge in [0.1, 0.15) is 0 Å². The molecular weight excluding hydrogens is 136 g/mol. The summed E-state index contributed by atoms with van der Waals surface area (Å²) in [6.45, 7) is 6.71. The van der Waals surface area contributed by atoms with Crippen LogP contribution in [0, 0.1) is 5.92 Å². The van der Waals surface area contributed by atoms with Gasteiger partial charge in [0.15, 0.2) is 0 Å². The third-order valence-electron chi connectivity index (χ3n) is 2.33. The van der Waals surface area contributed by atoms with E-state index in [-0.39, 0.29) is 0 Å². The van der Waals surface area contributed by atoms with Gasteiger partial charge in [-0.05, 0) is 12.0 Å². The fraction of sp³-hybridized carbons (Fsp3) is 0.667. The standard InChI is InChI=1S/C9H16N2/c1-7(2)8(3)9-5-6-10-11(9)4/h5-8H,1-4H3/t8-/m1/s1. The van der Waals surface area contributed by atoms with Crippen LogP contribution >= 0.6 is 0 Å². The zero-order valence-corrected chi connectivity index (χ0v) is 7.70. The summed E-state index contributed by atoms with van der Waals surface area (Å²) in [5.74, 6) is 1.29. The molecule has 0 spiro atoms. The first-order valence-electron chi connectivity index (χ1n) is 4.11. The minimum Gasteiger partial charge on any atom is -0.272 e. The van der Waals surface area contributed by atoms with Gasteiger partial charge in [-0.2, -0.15) is 5.10 Å². The van der Waals surface area contributed by atoms with E-state index >= 15 is 0 Å². The number of hydrogen-bond acceptors (Lipinski definition) is 1. The van der Waals surface area contributed by atoms with Crippen molar-refractivity contribution in [2.24, 2.45) is 13.0 Å². The highest BCUT2D eigenvalue weighted by atomic mass is 15.3. The number of nitrogens with zero attached hydrogens (tertiary/aromatic N) is 2. The van der Waals surface area contributed by atoms with Gasteiger partial charge < -0.3 is 0 Å². The Kier molecular flexibility index (Phi) is 2.32. The maximum Gasteiger partial charge on any atom is 0.0492 e. The molecule has 0 amide bonds. The van der Waals surface area contributed by atoms with Crippen LogP contribution in [0.5, 0.6) is 0 Å². The van der Waals surface area contributed by atoms with E-state index in [4.69, 9.17) is 0 Å². The summed E-state index contributed by atoms with van der Waals surface area (Å²) >= 11 is 0. The third kappa shape index (κ3) is 1.62. The number of aromatic nitrogens is 2. The predicted octanol–water partition coefficient (Wildman–Crippen LogP) is 2.18. The molecule has 0 bridgehead atoms. The Bertz CT molecular complexity index is 225. The Morgan fingerprint density at radius 3 is 2.36 bits per heavy atom. The molecule has 1 atom stereocenters. The average molecular weight is 152 g/mol. The molecule has 0 unspecified atom stereocenters. The largest absolute Gasteiger partial charge is 0.272 e. The molecule has 0 N–H and O–H groups in total. The molecule has 11 heavy (non-hydrogen) atoms. The van der Waals surface area contributed by atoms with Crippen molar-refractivity contribution in [1.82, 2.24) is 9.78 Å². The molecule has 0 fully saturated rings. The Morgan fingerprint density at radius 2 is 2.00 bits per heavy atom. The summed E-state index contributed by atoms with van der Waals surface area (Å²) in [5, 5.41) is 4.14. The van der Waals surface area contributed by atoms with Crippen LogP contribution in [0.4, 0.5) is 0 Å². The SMILES string of the molecule is CC(C)[C@@H](C)c1ccnn1C. The second-order valence-electron chi connectivity index (χ2n) is 3.41. The lowest BCUT2D eigenvalue weighted by atomic mass is 9.95. The molecule has 0 aliphatic heterocycles. The van der Waals surface area contributed by atoms with Crippen LogP contribution in [-0.2, 0) is 7.05 Å². The third-order valence-corrected chi connectivity index (χ3v) is 2.33. The van der Waals surface area contributed by atoms with Gasteiger partial charge in [-0.1, -0.05) is 20.8 Å². The van der Waals surface area contributed by atoms with Gasteiger partial charge in [0.2, 0.25) is 0 Å². The molecule has 1 heterocycles. The molecule has 0 saturated carbocycles. The highest BCUT2D eigenvalue weighted by molar-refractivity contribution is 5.06. The van der Waals surface area contributed by atoms with Crippen LogP contribution < -0.4 is 0 Å². The molecule has 1 aromatic heterocycles. The van der Waals surface area contributed by atoms with E-state index in [0.717, 1.165) is 0 Å². The van der Waals surface area contributed by atoms with Crippen LogP contribution in [0.3, 0.4) is 0 Å². The lowest BCUT2D eigenvalue weighted by Gasteiger charge is -2.15. The van der Waals surface area contributed by atoms with E-state index in [1.807, 2.05) is 17.9 Å². The van der Waals surface area contributed by atoms with Crippen molar-refractivity contribution in [1.29, 1.82) is 0 Å². The maximum atomic E-state index is 4.14. The number of aryl methyl sites for hydroxylation is 1. The van der Waals surface area contributed by atoms with Gasteiger partial charge in [-0.25, -0.2) is 0 Å². The normalized spacial score (nSPS) is 13.9. The Hall–Kier alpha value is -0.790. The highest BCUT2D eigenvalue weighted by Crippen LogP contribution is 2.21. The van der Waals surface area contributed by atoms with Crippen molar-refractivity contribution in [3.05, 3.63) is 18.0 Å². The second kappa shape index (κ2) is 3.07. The Morgan fingerprint density at radius 1 is 1.36 bits per heavy atom. The van der Waals surface area contributed by atoms with Gasteiger partial charge >= 0.3 is 0 Å². The monoisotopic (exact) mass is 152 g/mol. The highest BCUT2D eigenvalue weighted by Gasteiger charge is 2.12. The van der Waals surface area contributed by atoms with Crippen molar-refractivity contribution < 1.29 is 0 Å². The van der Waals surface area contributed by atoms with E-state index in [1.165, 1.54) is 5.69 Å². The zero-order chi connectivity index (χ0) is 8.43. The van der Waals surface area contributed by atoms with Crippen molar-refractivity contribution in [2.45, 2.75) is 26.7 Å². The Labute approximate surface area is 68.2 Å². The topological polar surface area (TPSA) is 17.8 Å². The van der Waals surface area contributed by atoms with Gasteiger partial charge in [0, 0.05) is 24.9 Å². The molecule has 2 nitrogen and oxygen atoms in total. The first-order chi connectivity index (χ1) is 5.13. The van der Waals surface area contributed by atoms with Crippen LogP contribution in [-0.4, -0.2) is 9.78 Å². The molecule has 0 aliphatic carbocycles. The van der Waals surface area contributed by atoms with Crippen molar-refractivity contribution in [3.63, 3.8) is 0 Å². The molecule has 1 rings (SSSR count). The summed E-state index contributed by atoms with van der Waals surface area (Å²) in [6, 6.07) is 2.09. The summed E-state index contributed by atoms with van der Waals surface area (Å²) in [6.07, 6.45) is 1.86. The van der Waals surface area contributed by atoms with Gasteiger partial charge in [0.25, 0.3) is 0 Å². The zero-order valence-electron chi connectivity index (χ0n) is 7.70. The van der Waals surface area contributed by atoms with E-state index in [9.17, 15) is 0 Å². The first-order valence-corrected chi connectivity index (χ1v) is 4.11. The summed E-state index contributed by atoms with van der Waals surface area (Å²) in [7, 11) is 1.99. The van der Waals surface area contributed by atoms with E-state index in [2.05, 4.69) is 31.9 Å². The summed E-state index contributed by atoms with van der Waals surface area (Å²) in [5.41, 5.74) is 1.32. The fourth-order valence-corrected chi connectivity index (χ4v) is 1.17. The predicted molar refractivity (Wildman–Crippen MR) is 46.5 cm³/mol. The minimum atomic E-state index is 0.600. The minimum absolute atomic E-state index is 0.600. The van der Waals surface area contributed by atoms with Crippen LogP contribution in [0.25, 0.3) is 0 Å². The molecule has 1 aromatic rings. The molecule has 0 aliphatic rings. The van der Waals surface area contributed by atoms with Gasteiger partial charge in [-0.3, -0.25) is 4.68 Å². The second-order valence-corrected chi connectivity index (χ2v) is 3.41. The quantitative estimate of drug-likeness (QED) is 0.635. The van der Waals surface area contributed by atoms with Crippen molar-refractivity contribution >= 4 is 0 Å². The summed E-state index contributed by atoms with van der Waals surface area (Å²) < 4.78 is 1.95. The summed E-state index contributed by atoms with van der Waals surface area (Å²) in [4.78, 5) is 0. The van der Waals surface area contributed by atoms with E-state index in [1.54, 1.807) is 0 Å². The van der Waals surface area contributed by atoms with Crippen LogP contribution in [0.1, 0.15) is 32.4 Å². The van der Waals surface area contributed by atoms with E-state index in [0.29, 0.717) is 11.8 Å². The lowest BCUT2D eigenvalue weighted by molar-refractivity contribution is 0.498. The van der Waals surface area contributed by atoms with Crippen LogP contribution in [0.2, 0.25) is 0 Å². The molecule has 0 radical (unpaired) electrons. The fourth-order valence-electron chi connectivity index (χ4n) is 1.17. The van der Waals surface area contributed by atoms with Gasteiger partial charge in [0.05, 0.1) is 0 Å². The molecule has 0 saturated heterocycles. The maximum absolute atomic E-state index is 4.14. The average Bonchev–Trinajstić information content (AvgIpc) is 2.33. The van der Waals surface area contributed by atoms with Crippen LogP contribution in [0.15, 0.2) is 12.3 Å². The molecule has 0 aromatic carbocycles. The van der Waals surface area contributed by atoms with E-state index < -0.39 is 0 Å². The number of rotatable bonds is 2. The van der Waals surface area contributed by atoms with Gasteiger partial charge in [-0.15, -0.1) is 0 Å². The first kappa shape index (κ1) is 8.31. The lowest BCUT2D eigenvalue weighted by Crippen LogP contribution is -2.07. The van der Waals surface area contributed by atoms with Crippen molar-refractivity contribution in [2.75, 3.05) is 0 Å². The number of hydrogen-bond donors (Lipinski definition) is 0. The molecular formula is C9H16N2.